The number of carbonyl (C=O) groups is 1. The van der Waals surface area contributed by atoms with E-state index in [0.29, 0.717) is 5.88 Å². The van der Waals surface area contributed by atoms with Gasteiger partial charge in [0.05, 0.1) is 4.88 Å². The summed E-state index contributed by atoms with van der Waals surface area (Å²) in [5.74, 6) is 0.708. The third-order valence-corrected chi connectivity index (χ3v) is 4.26. The molecular formula is C12H16ClNOS. The van der Waals surface area contributed by atoms with Crippen LogP contribution in [0.2, 0.25) is 0 Å². The highest BCUT2D eigenvalue weighted by Crippen LogP contribution is 2.21. The van der Waals surface area contributed by atoms with Crippen LogP contribution in [0.1, 0.15) is 35.4 Å². The summed E-state index contributed by atoms with van der Waals surface area (Å²) in [5.41, 5.74) is 0. The molecule has 1 atom stereocenters. The lowest BCUT2D eigenvalue weighted by molar-refractivity contribution is 0.0705. The van der Waals surface area contributed by atoms with Crippen molar-refractivity contribution in [2.45, 2.75) is 31.7 Å². The van der Waals surface area contributed by atoms with Gasteiger partial charge in [0.2, 0.25) is 0 Å². The van der Waals surface area contributed by atoms with Crippen molar-refractivity contribution in [1.82, 2.24) is 4.90 Å². The average Bonchev–Trinajstić information content (AvgIpc) is 2.73. The van der Waals surface area contributed by atoms with Gasteiger partial charge in [0.15, 0.2) is 0 Å². The molecule has 0 bridgehead atoms. The molecule has 0 aromatic carbocycles. The fourth-order valence-electron chi connectivity index (χ4n) is 2.15. The van der Waals surface area contributed by atoms with Crippen molar-refractivity contribution in [2.24, 2.45) is 0 Å². The Labute approximate surface area is 105 Å². The number of thiophene rings is 1. The van der Waals surface area contributed by atoms with E-state index in [4.69, 9.17) is 11.6 Å². The third-order valence-electron chi connectivity index (χ3n) is 3.05. The molecule has 0 spiro atoms. The van der Waals surface area contributed by atoms with Crippen LogP contribution in [0.3, 0.4) is 0 Å². The molecule has 1 fully saturated rings. The molecule has 1 aromatic heterocycles. The van der Waals surface area contributed by atoms with Crippen LogP contribution in [-0.4, -0.2) is 29.3 Å². The first kappa shape index (κ1) is 11.9. The molecular weight excluding hydrogens is 242 g/mol. The molecule has 0 aliphatic carbocycles. The minimum atomic E-state index is 0.155. The van der Waals surface area contributed by atoms with Gasteiger partial charge in [0, 0.05) is 18.5 Å². The summed E-state index contributed by atoms with van der Waals surface area (Å²) in [6.07, 6.45) is 4.54. The van der Waals surface area contributed by atoms with E-state index in [1.54, 1.807) is 0 Å². The SMILES string of the molecule is O=C(c1cccs1)N1CCCCCC1CCl. The zero-order valence-corrected chi connectivity index (χ0v) is 10.8. The molecule has 1 aliphatic heterocycles. The second-order valence-corrected chi connectivity index (χ2v) is 5.39. The normalized spacial score (nSPS) is 21.8. The lowest BCUT2D eigenvalue weighted by Gasteiger charge is -2.28. The zero-order valence-electron chi connectivity index (χ0n) is 9.19. The Morgan fingerprint density at radius 1 is 1.50 bits per heavy atom. The van der Waals surface area contributed by atoms with Crippen molar-refractivity contribution in [1.29, 1.82) is 0 Å². The molecule has 1 saturated heterocycles. The summed E-state index contributed by atoms with van der Waals surface area (Å²) in [6, 6.07) is 4.04. The number of rotatable bonds is 2. The van der Waals surface area contributed by atoms with E-state index in [2.05, 4.69) is 0 Å². The largest absolute Gasteiger partial charge is 0.334 e. The van der Waals surface area contributed by atoms with Gasteiger partial charge in [-0.2, -0.15) is 0 Å². The first-order valence-corrected chi connectivity index (χ1v) is 7.15. The molecule has 0 N–H and O–H groups in total. The van der Waals surface area contributed by atoms with Gasteiger partial charge >= 0.3 is 0 Å². The van der Waals surface area contributed by atoms with Crippen LogP contribution in [0.25, 0.3) is 0 Å². The van der Waals surface area contributed by atoms with Crippen molar-refractivity contribution in [3.05, 3.63) is 22.4 Å². The molecule has 1 unspecified atom stereocenters. The van der Waals surface area contributed by atoms with Crippen molar-refractivity contribution in [2.75, 3.05) is 12.4 Å². The monoisotopic (exact) mass is 257 g/mol. The fourth-order valence-corrected chi connectivity index (χ4v) is 3.15. The first-order valence-electron chi connectivity index (χ1n) is 5.73. The Morgan fingerprint density at radius 3 is 3.06 bits per heavy atom. The molecule has 2 heterocycles. The Kier molecular flexibility index (Phi) is 4.24. The van der Waals surface area contributed by atoms with Crippen LogP contribution in [0.4, 0.5) is 0 Å². The first-order chi connectivity index (χ1) is 7.83. The zero-order chi connectivity index (χ0) is 11.4. The minimum absolute atomic E-state index is 0.155. The molecule has 1 amide bonds. The number of likely N-dealkylation sites (tertiary alicyclic amines) is 1. The summed E-state index contributed by atoms with van der Waals surface area (Å²) in [4.78, 5) is 15.1. The van der Waals surface area contributed by atoms with Gasteiger partial charge in [-0.05, 0) is 24.3 Å². The number of nitrogens with zero attached hydrogens (tertiary/aromatic N) is 1. The molecule has 0 radical (unpaired) electrons. The Bertz CT molecular complexity index is 339. The number of halogens is 1. The van der Waals surface area contributed by atoms with Gasteiger partial charge in [0.25, 0.3) is 5.91 Å². The van der Waals surface area contributed by atoms with Crippen LogP contribution in [0.15, 0.2) is 17.5 Å². The summed E-state index contributed by atoms with van der Waals surface area (Å²) >= 11 is 7.47. The third kappa shape index (κ3) is 2.58. The lowest BCUT2D eigenvalue weighted by atomic mass is 10.1. The van der Waals surface area contributed by atoms with Gasteiger partial charge in [0.1, 0.15) is 0 Å². The number of hydrogen-bond donors (Lipinski definition) is 0. The second kappa shape index (κ2) is 5.69. The standard InChI is InChI=1S/C12H16ClNOS/c13-9-10-5-2-1-3-7-14(10)12(15)11-6-4-8-16-11/h4,6,8,10H,1-3,5,7,9H2. The summed E-state index contributed by atoms with van der Waals surface area (Å²) in [7, 11) is 0. The van der Waals surface area contributed by atoms with Gasteiger partial charge in [-0.1, -0.05) is 18.9 Å². The maximum absolute atomic E-state index is 12.3. The minimum Gasteiger partial charge on any atom is -0.334 e. The number of amides is 1. The van der Waals surface area contributed by atoms with E-state index in [1.165, 1.54) is 24.2 Å². The lowest BCUT2D eigenvalue weighted by Crippen LogP contribution is -2.40. The van der Waals surface area contributed by atoms with Crippen molar-refractivity contribution in [3.63, 3.8) is 0 Å². The molecule has 16 heavy (non-hydrogen) atoms. The quantitative estimate of drug-likeness (QED) is 0.744. The highest BCUT2D eigenvalue weighted by molar-refractivity contribution is 7.12. The fraction of sp³-hybridized carbons (Fsp3) is 0.583. The summed E-state index contributed by atoms with van der Waals surface area (Å²) in [6.45, 7) is 0.855. The number of carbonyl (C=O) groups excluding carboxylic acids is 1. The Morgan fingerprint density at radius 2 is 2.38 bits per heavy atom. The highest BCUT2D eigenvalue weighted by Gasteiger charge is 2.25. The van der Waals surface area contributed by atoms with Crippen LogP contribution in [-0.2, 0) is 0 Å². The maximum atomic E-state index is 12.3. The second-order valence-electron chi connectivity index (χ2n) is 4.13. The van der Waals surface area contributed by atoms with Crippen molar-refractivity contribution < 1.29 is 4.79 Å². The summed E-state index contributed by atoms with van der Waals surface area (Å²) < 4.78 is 0. The highest BCUT2D eigenvalue weighted by atomic mass is 35.5. The molecule has 2 nitrogen and oxygen atoms in total. The van der Waals surface area contributed by atoms with Crippen LogP contribution >= 0.6 is 22.9 Å². The van der Waals surface area contributed by atoms with E-state index in [9.17, 15) is 4.79 Å². The van der Waals surface area contributed by atoms with Gasteiger partial charge in [-0.3, -0.25) is 4.79 Å². The van der Waals surface area contributed by atoms with Crippen LogP contribution < -0.4 is 0 Å². The molecule has 1 aliphatic rings. The van der Waals surface area contributed by atoms with E-state index < -0.39 is 0 Å². The maximum Gasteiger partial charge on any atom is 0.264 e. The van der Waals surface area contributed by atoms with Crippen molar-refractivity contribution in [3.8, 4) is 0 Å². The predicted molar refractivity (Wildman–Crippen MR) is 68.3 cm³/mol. The Hall–Kier alpha value is -0.540. The van der Waals surface area contributed by atoms with E-state index in [1.807, 2.05) is 22.4 Å². The summed E-state index contributed by atoms with van der Waals surface area (Å²) in [5, 5.41) is 1.95. The van der Waals surface area contributed by atoms with Gasteiger partial charge in [-0.15, -0.1) is 22.9 Å². The van der Waals surface area contributed by atoms with Crippen LogP contribution in [0.5, 0.6) is 0 Å². The Balaban J connectivity index is 2.13. The molecule has 88 valence electrons. The average molecular weight is 258 g/mol. The van der Waals surface area contributed by atoms with Crippen molar-refractivity contribution >= 4 is 28.8 Å². The van der Waals surface area contributed by atoms with Crippen LogP contribution in [0, 0.1) is 0 Å². The number of hydrogen-bond acceptors (Lipinski definition) is 2. The van der Waals surface area contributed by atoms with Gasteiger partial charge < -0.3 is 4.90 Å². The van der Waals surface area contributed by atoms with E-state index >= 15 is 0 Å². The number of alkyl halides is 1. The van der Waals surface area contributed by atoms with E-state index in [0.717, 1.165) is 24.3 Å². The molecule has 2 rings (SSSR count). The molecule has 1 aromatic rings. The molecule has 4 heteroatoms. The smallest absolute Gasteiger partial charge is 0.264 e. The molecule has 0 saturated carbocycles. The predicted octanol–water partition coefficient (Wildman–Crippen LogP) is 3.37. The van der Waals surface area contributed by atoms with Gasteiger partial charge in [-0.25, -0.2) is 0 Å². The van der Waals surface area contributed by atoms with E-state index in [-0.39, 0.29) is 11.9 Å². The topological polar surface area (TPSA) is 20.3 Å².